The number of nitrogens with zero attached hydrogens (tertiary/aromatic N) is 1. The predicted octanol–water partition coefficient (Wildman–Crippen LogP) is 5.26. The summed E-state index contributed by atoms with van der Waals surface area (Å²) in [7, 11) is 3.19. The molecular formula is C31H37NO7. The molecular weight excluding hydrogens is 498 g/mol. The number of esters is 1. The highest BCUT2D eigenvalue weighted by molar-refractivity contribution is 6.09. The van der Waals surface area contributed by atoms with E-state index in [4.69, 9.17) is 28.7 Å². The third-order valence-electron chi connectivity index (χ3n) is 7.23. The number of rotatable bonds is 11. The molecule has 4 rings (SSSR count). The maximum atomic E-state index is 13.9. The first-order chi connectivity index (χ1) is 18.9. The van der Waals surface area contributed by atoms with Crippen LogP contribution in [0.25, 0.3) is 0 Å². The van der Waals surface area contributed by atoms with Crippen LogP contribution >= 0.6 is 0 Å². The van der Waals surface area contributed by atoms with Crippen LogP contribution in [0.15, 0.2) is 58.7 Å². The number of benzene rings is 2. The van der Waals surface area contributed by atoms with Crippen LogP contribution < -0.4 is 14.2 Å². The van der Waals surface area contributed by atoms with E-state index < -0.39 is 17.8 Å². The van der Waals surface area contributed by atoms with Crippen molar-refractivity contribution in [2.45, 2.75) is 45.4 Å². The van der Waals surface area contributed by atoms with Gasteiger partial charge in [0.1, 0.15) is 18.3 Å². The van der Waals surface area contributed by atoms with Crippen LogP contribution in [0.3, 0.4) is 0 Å². The zero-order valence-corrected chi connectivity index (χ0v) is 23.3. The molecule has 1 aliphatic carbocycles. The lowest BCUT2D eigenvalue weighted by Crippen LogP contribution is -2.38. The lowest BCUT2D eigenvalue weighted by molar-refractivity contribution is -0.148. The second-order valence-corrected chi connectivity index (χ2v) is 9.58. The van der Waals surface area contributed by atoms with Gasteiger partial charge >= 0.3 is 5.97 Å². The van der Waals surface area contributed by atoms with Crippen LogP contribution in [-0.4, -0.2) is 58.1 Å². The summed E-state index contributed by atoms with van der Waals surface area (Å²) in [6, 6.07) is 13.3. The molecule has 2 aromatic rings. The molecule has 1 aliphatic heterocycles. The van der Waals surface area contributed by atoms with Gasteiger partial charge in [-0.3, -0.25) is 14.6 Å². The largest absolute Gasteiger partial charge is 0.494 e. The van der Waals surface area contributed by atoms with E-state index in [-0.39, 0.29) is 18.3 Å². The summed E-state index contributed by atoms with van der Waals surface area (Å²) in [4.78, 5) is 32.1. The fraction of sp³-hybridized carbons (Fsp3) is 0.452. The highest BCUT2D eigenvalue weighted by Crippen LogP contribution is 2.48. The number of Topliss-reactive ketones (excluding diaryl/α,β-unsaturated/α-hetero) is 1. The molecule has 0 saturated heterocycles. The minimum Gasteiger partial charge on any atom is -0.494 e. The van der Waals surface area contributed by atoms with E-state index in [1.165, 1.54) is 0 Å². The Balaban J connectivity index is 1.73. The van der Waals surface area contributed by atoms with E-state index in [2.05, 4.69) is 0 Å². The van der Waals surface area contributed by atoms with E-state index >= 15 is 0 Å². The molecule has 2 aliphatic rings. The smallest absolute Gasteiger partial charge is 0.315 e. The second-order valence-electron chi connectivity index (χ2n) is 9.58. The molecule has 0 aromatic heterocycles. The summed E-state index contributed by atoms with van der Waals surface area (Å²) in [6.07, 6.45) is 0.873. The molecule has 8 nitrogen and oxygen atoms in total. The fourth-order valence-corrected chi connectivity index (χ4v) is 5.47. The van der Waals surface area contributed by atoms with Crippen molar-refractivity contribution in [2.24, 2.45) is 10.9 Å². The van der Waals surface area contributed by atoms with Crippen molar-refractivity contribution in [1.82, 2.24) is 0 Å². The van der Waals surface area contributed by atoms with Crippen molar-refractivity contribution in [2.75, 3.05) is 40.6 Å². The highest BCUT2D eigenvalue weighted by atomic mass is 16.6. The quantitative estimate of drug-likeness (QED) is 0.286. The molecule has 3 atom stereocenters. The van der Waals surface area contributed by atoms with Gasteiger partial charge in [0, 0.05) is 35.9 Å². The minimum absolute atomic E-state index is 0.0220. The lowest BCUT2D eigenvalue weighted by Gasteiger charge is -2.36. The first kappa shape index (κ1) is 28.4. The standard InChI is InChI=1S/C31H37NO7/c1-6-37-13-14-39-31(34)28-19(3)32-24-16-22(20-11-12-26(35-4)27(18-20)36-5)17-25(33)30(24)29(28)21-9-8-10-23(15-21)38-7-2/h8-12,15,18,22,28-29H,6-7,13-14,16-17H2,1-5H3/t22-,28?,29+/m0/s1. The van der Waals surface area contributed by atoms with Gasteiger partial charge in [-0.1, -0.05) is 18.2 Å². The van der Waals surface area contributed by atoms with Crippen LogP contribution in [0.2, 0.25) is 0 Å². The van der Waals surface area contributed by atoms with Gasteiger partial charge in [-0.15, -0.1) is 0 Å². The minimum atomic E-state index is -0.719. The molecule has 39 heavy (non-hydrogen) atoms. The summed E-state index contributed by atoms with van der Waals surface area (Å²) in [5.41, 5.74) is 3.73. The first-order valence-electron chi connectivity index (χ1n) is 13.4. The van der Waals surface area contributed by atoms with Gasteiger partial charge in [-0.25, -0.2) is 0 Å². The summed E-state index contributed by atoms with van der Waals surface area (Å²) in [5.74, 6) is 0.196. The van der Waals surface area contributed by atoms with E-state index in [0.29, 0.717) is 66.9 Å². The third-order valence-corrected chi connectivity index (χ3v) is 7.23. The van der Waals surface area contributed by atoms with Crippen molar-refractivity contribution in [1.29, 1.82) is 0 Å². The van der Waals surface area contributed by atoms with E-state index in [0.717, 1.165) is 11.1 Å². The maximum Gasteiger partial charge on any atom is 0.315 e. The van der Waals surface area contributed by atoms with Gasteiger partial charge in [0.2, 0.25) is 0 Å². The third kappa shape index (κ3) is 6.17. The van der Waals surface area contributed by atoms with Gasteiger partial charge in [0.15, 0.2) is 17.3 Å². The van der Waals surface area contributed by atoms with Crippen LogP contribution in [0.5, 0.6) is 17.2 Å². The van der Waals surface area contributed by atoms with Gasteiger partial charge < -0.3 is 23.7 Å². The van der Waals surface area contributed by atoms with E-state index in [1.54, 1.807) is 14.2 Å². The van der Waals surface area contributed by atoms with Crippen molar-refractivity contribution < 1.29 is 33.3 Å². The zero-order valence-electron chi connectivity index (χ0n) is 23.3. The molecule has 0 spiro atoms. The average Bonchev–Trinajstić information content (AvgIpc) is 2.94. The molecule has 0 amide bonds. The number of ether oxygens (including phenoxy) is 5. The SMILES string of the molecule is CCOCCOC(=O)C1C(C)=NC2=C(C(=O)C[C@@H](c3ccc(OC)c(OC)c3)C2)[C@@H]1c1cccc(OCC)c1. The van der Waals surface area contributed by atoms with Gasteiger partial charge in [0.25, 0.3) is 0 Å². The fourth-order valence-electron chi connectivity index (χ4n) is 5.47. The molecule has 0 saturated carbocycles. The molecule has 0 fully saturated rings. The molecule has 8 heteroatoms. The highest BCUT2D eigenvalue weighted by Gasteiger charge is 2.45. The van der Waals surface area contributed by atoms with Gasteiger partial charge in [-0.05, 0) is 68.5 Å². The zero-order chi connectivity index (χ0) is 27.9. The van der Waals surface area contributed by atoms with E-state index in [1.807, 2.05) is 63.2 Å². The number of methoxy groups -OCH3 is 2. The molecule has 1 unspecified atom stereocenters. The topological polar surface area (TPSA) is 92.7 Å². The van der Waals surface area contributed by atoms with Crippen LogP contribution in [-0.2, 0) is 19.1 Å². The van der Waals surface area contributed by atoms with Crippen LogP contribution in [0.4, 0.5) is 0 Å². The van der Waals surface area contributed by atoms with Gasteiger partial charge in [-0.2, -0.15) is 0 Å². The number of aliphatic imine (C=N–C) groups is 1. The van der Waals surface area contributed by atoms with Crippen LogP contribution in [0, 0.1) is 5.92 Å². The molecule has 0 bridgehead atoms. The Morgan fingerprint density at radius 2 is 1.74 bits per heavy atom. The first-order valence-corrected chi connectivity index (χ1v) is 13.4. The Kier molecular flexibility index (Phi) is 9.41. The van der Waals surface area contributed by atoms with Crippen molar-refractivity contribution in [3.8, 4) is 17.2 Å². The summed E-state index contributed by atoms with van der Waals surface area (Å²) < 4.78 is 27.6. The Bertz CT molecular complexity index is 1270. The number of hydrogen-bond donors (Lipinski definition) is 0. The number of hydrogen-bond acceptors (Lipinski definition) is 8. The van der Waals surface area contributed by atoms with Crippen molar-refractivity contribution >= 4 is 17.5 Å². The number of carbonyl (C=O) groups is 2. The average molecular weight is 536 g/mol. The summed E-state index contributed by atoms with van der Waals surface area (Å²) in [5, 5.41) is 0. The second kappa shape index (κ2) is 12.9. The lowest BCUT2D eigenvalue weighted by atomic mass is 9.69. The molecule has 1 heterocycles. The molecule has 2 aromatic carbocycles. The van der Waals surface area contributed by atoms with Gasteiger partial charge in [0.05, 0.1) is 27.4 Å². The normalized spacial score (nSPS) is 20.7. The molecule has 208 valence electrons. The van der Waals surface area contributed by atoms with Crippen molar-refractivity contribution in [3.63, 3.8) is 0 Å². The Labute approximate surface area is 230 Å². The number of ketones is 1. The molecule has 0 radical (unpaired) electrons. The Hall–Kier alpha value is -3.65. The molecule has 0 N–H and O–H groups in total. The van der Waals surface area contributed by atoms with Crippen molar-refractivity contribution in [3.05, 3.63) is 64.9 Å². The summed E-state index contributed by atoms with van der Waals surface area (Å²) >= 11 is 0. The number of carbonyl (C=O) groups excluding carboxylic acids is 2. The predicted molar refractivity (Wildman–Crippen MR) is 148 cm³/mol. The summed E-state index contributed by atoms with van der Waals surface area (Å²) in [6.45, 7) is 7.15. The van der Waals surface area contributed by atoms with Crippen LogP contribution in [0.1, 0.15) is 56.6 Å². The Morgan fingerprint density at radius 1 is 0.949 bits per heavy atom. The monoisotopic (exact) mass is 535 g/mol. The maximum absolute atomic E-state index is 13.9. The Morgan fingerprint density at radius 3 is 2.46 bits per heavy atom. The van der Waals surface area contributed by atoms with E-state index in [9.17, 15) is 9.59 Å². The number of allylic oxidation sites excluding steroid dienone is 2.